The Kier molecular flexibility index (Phi) is 4.15. The number of hydrogen-bond donors (Lipinski definition) is 0. The molecule has 0 aromatic heterocycles. The third-order valence-corrected chi connectivity index (χ3v) is 3.98. The van der Waals surface area contributed by atoms with Crippen molar-refractivity contribution in [1.82, 2.24) is 0 Å². The average molecular weight is 254 g/mol. The van der Waals surface area contributed by atoms with E-state index in [2.05, 4.69) is 27.4 Å². The third kappa shape index (κ3) is 3.56. The lowest BCUT2D eigenvalue weighted by Gasteiger charge is -2.32. The molecule has 0 N–H and O–H groups in total. The van der Waals surface area contributed by atoms with Crippen molar-refractivity contribution in [2.24, 2.45) is 0 Å². The summed E-state index contributed by atoms with van der Waals surface area (Å²) in [6.45, 7) is 11.0. The molecule has 0 amide bonds. The Morgan fingerprint density at radius 3 is 2.78 bits per heavy atom. The number of ether oxygens (including phenoxy) is 3. The van der Waals surface area contributed by atoms with Crippen molar-refractivity contribution in [2.75, 3.05) is 6.61 Å². The molecule has 0 bridgehead atoms. The number of rotatable bonds is 6. The third-order valence-electron chi connectivity index (χ3n) is 3.98. The molecule has 0 aromatic carbocycles. The number of epoxide rings is 1. The normalized spacial score (nSPS) is 36.4. The standard InChI is InChI=1S/C15H26O3/c1-5-15(4)12(17-15)9-10-14(2,3)18-13-8-6-7-11-16-13/h5,12-13H,1,6-11H2,2-4H3/t12-,13?,15-/m0/s1. The van der Waals surface area contributed by atoms with Crippen molar-refractivity contribution in [2.45, 2.75) is 76.5 Å². The minimum Gasteiger partial charge on any atom is -0.362 e. The molecule has 2 rings (SSSR count). The van der Waals surface area contributed by atoms with Gasteiger partial charge in [-0.3, -0.25) is 0 Å². The highest BCUT2D eigenvalue weighted by atomic mass is 16.7. The monoisotopic (exact) mass is 254 g/mol. The smallest absolute Gasteiger partial charge is 0.158 e. The largest absolute Gasteiger partial charge is 0.362 e. The van der Waals surface area contributed by atoms with Gasteiger partial charge in [0.25, 0.3) is 0 Å². The summed E-state index contributed by atoms with van der Waals surface area (Å²) in [6.07, 6.45) is 7.59. The maximum Gasteiger partial charge on any atom is 0.158 e. The van der Waals surface area contributed by atoms with Crippen LogP contribution in [0.3, 0.4) is 0 Å². The molecule has 3 heteroatoms. The van der Waals surface area contributed by atoms with E-state index in [1.165, 1.54) is 6.42 Å². The molecule has 18 heavy (non-hydrogen) atoms. The van der Waals surface area contributed by atoms with Crippen LogP contribution < -0.4 is 0 Å². The molecule has 2 aliphatic heterocycles. The Balaban J connectivity index is 1.72. The maximum absolute atomic E-state index is 6.06. The summed E-state index contributed by atoms with van der Waals surface area (Å²) in [5, 5.41) is 0. The van der Waals surface area contributed by atoms with Crippen LogP contribution >= 0.6 is 0 Å². The van der Waals surface area contributed by atoms with Gasteiger partial charge < -0.3 is 14.2 Å². The van der Waals surface area contributed by atoms with Crippen LogP contribution in [0.25, 0.3) is 0 Å². The molecule has 0 aliphatic carbocycles. The lowest BCUT2D eigenvalue weighted by atomic mass is 9.96. The molecule has 3 atom stereocenters. The Morgan fingerprint density at radius 1 is 1.44 bits per heavy atom. The second kappa shape index (κ2) is 5.32. The van der Waals surface area contributed by atoms with Gasteiger partial charge in [-0.05, 0) is 52.9 Å². The molecule has 0 spiro atoms. The minimum absolute atomic E-state index is 0.0142. The fourth-order valence-corrected chi connectivity index (χ4v) is 2.50. The van der Waals surface area contributed by atoms with Gasteiger partial charge in [0, 0.05) is 6.61 Å². The Bertz CT molecular complexity index is 294. The maximum atomic E-state index is 6.06. The fraction of sp³-hybridized carbons (Fsp3) is 0.867. The fourth-order valence-electron chi connectivity index (χ4n) is 2.50. The van der Waals surface area contributed by atoms with Crippen LogP contribution in [0.15, 0.2) is 12.7 Å². The summed E-state index contributed by atoms with van der Waals surface area (Å²) in [6, 6.07) is 0. The van der Waals surface area contributed by atoms with Crippen molar-refractivity contribution >= 4 is 0 Å². The molecule has 3 nitrogen and oxygen atoms in total. The van der Waals surface area contributed by atoms with Crippen LogP contribution in [-0.2, 0) is 14.2 Å². The van der Waals surface area contributed by atoms with E-state index in [4.69, 9.17) is 14.2 Å². The molecule has 0 saturated carbocycles. The molecule has 0 aromatic rings. The van der Waals surface area contributed by atoms with E-state index in [0.717, 1.165) is 32.3 Å². The molecule has 2 fully saturated rings. The zero-order chi connectivity index (χ0) is 13.2. The summed E-state index contributed by atoms with van der Waals surface area (Å²) in [4.78, 5) is 0. The Morgan fingerprint density at radius 2 is 2.22 bits per heavy atom. The van der Waals surface area contributed by atoms with Crippen LogP contribution in [0.5, 0.6) is 0 Å². The van der Waals surface area contributed by atoms with Crippen LogP contribution in [0.1, 0.15) is 52.9 Å². The van der Waals surface area contributed by atoms with Gasteiger partial charge in [-0.15, -0.1) is 6.58 Å². The quantitative estimate of drug-likeness (QED) is 0.537. The van der Waals surface area contributed by atoms with Crippen molar-refractivity contribution in [1.29, 1.82) is 0 Å². The molecular formula is C15H26O3. The average Bonchev–Trinajstić information content (AvgIpc) is 3.00. The zero-order valence-corrected chi connectivity index (χ0v) is 11.9. The second-order valence-electron chi connectivity index (χ2n) is 6.21. The molecule has 2 aliphatic rings. The van der Waals surface area contributed by atoms with Crippen molar-refractivity contribution in [3.05, 3.63) is 12.7 Å². The van der Waals surface area contributed by atoms with Crippen LogP contribution in [0.2, 0.25) is 0 Å². The van der Waals surface area contributed by atoms with E-state index >= 15 is 0 Å². The van der Waals surface area contributed by atoms with Gasteiger partial charge in [-0.2, -0.15) is 0 Å². The van der Waals surface area contributed by atoms with Crippen molar-refractivity contribution in [3.8, 4) is 0 Å². The van der Waals surface area contributed by atoms with Gasteiger partial charge >= 0.3 is 0 Å². The van der Waals surface area contributed by atoms with Gasteiger partial charge in [0.15, 0.2) is 6.29 Å². The van der Waals surface area contributed by atoms with Crippen LogP contribution in [0.4, 0.5) is 0 Å². The van der Waals surface area contributed by atoms with E-state index in [9.17, 15) is 0 Å². The predicted octanol–water partition coefficient (Wildman–Crippen LogP) is 3.43. The highest BCUT2D eigenvalue weighted by Crippen LogP contribution is 2.41. The lowest BCUT2D eigenvalue weighted by molar-refractivity contribution is -0.217. The summed E-state index contributed by atoms with van der Waals surface area (Å²) in [7, 11) is 0. The van der Waals surface area contributed by atoms with Crippen LogP contribution in [-0.4, -0.2) is 30.2 Å². The Labute approximate surface area is 110 Å². The van der Waals surface area contributed by atoms with Gasteiger partial charge in [0.05, 0.1) is 11.7 Å². The second-order valence-corrected chi connectivity index (χ2v) is 6.21. The first-order valence-electron chi connectivity index (χ1n) is 7.06. The summed E-state index contributed by atoms with van der Waals surface area (Å²) in [5.74, 6) is 0. The highest BCUT2D eigenvalue weighted by Gasteiger charge is 2.49. The highest BCUT2D eigenvalue weighted by molar-refractivity contribution is 5.11. The lowest BCUT2D eigenvalue weighted by Crippen LogP contribution is -2.34. The minimum atomic E-state index is -0.143. The number of hydrogen-bond acceptors (Lipinski definition) is 3. The van der Waals surface area contributed by atoms with E-state index < -0.39 is 0 Å². The molecule has 1 unspecified atom stereocenters. The Hall–Kier alpha value is -0.380. The first-order valence-corrected chi connectivity index (χ1v) is 7.06. The topological polar surface area (TPSA) is 31.0 Å². The first kappa shape index (κ1) is 14.0. The van der Waals surface area contributed by atoms with E-state index in [1.54, 1.807) is 0 Å². The van der Waals surface area contributed by atoms with Gasteiger partial charge in [0.1, 0.15) is 5.60 Å². The van der Waals surface area contributed by atoms with Crippen molar-refractivity contribution < 1.29 is 14.2 Å². The summed E-state index contributed by atoms with van der Waals surface area (Å²) in [5.41, 5.74) is -0.243. The van der Waals surface area contributed by atoms with E-state index in [-0.39, 0.29) is 17.5 Å². The summed E-state index contributed by atoms with van der Waals surface area (Å²) < 4.78 is 17.3. The molecule has 0 radical (unpaired) electrons. The van der Waals surface area contributed by atoms with Crippen LogP contribution in [0, 0.1) is 0 Å². The van der Waals surface area contributed by atoms with Crippen molar-refractivity contribution in [3.63, 3.8) is 0 Å². The summed E-state index contributed by atoms with van der Waals surface area (Å²) >= 11 is 0. The first-order chi connectivity index (χ1) is 8.45. The molecule has 2 saturated heterocycles. The van der Waals surface area contributed by atoms with E-state index in [1.807, 2.05) is 6.08 Å². The molecule has 104 valence electrons. The molecule has 2 heterocycles. The van der Waals surface area contributed by atoms with E-state index in [0.29, 0.717) is 6.10 Å². The van der Waals surface area contributed by atoms with Gasteiger partial charge in [-0.25, -0.2) is 0 Å². The SMILES string of the molecule is C=C[C@]1(C)O[C@H]1CCC(C)(C)OC1CCCCO1. The molecular weight excluding hydrogens is 228 g/mol. The van der Waals surface area contributed by atoms with Gasteiger partial charge in [-0.1, -0.05) is 6.08 Å². The zero-order valence-electron chi connectivity index (χ0n) is 11.9. The van der Waals surface area contributed by atoms with Gasteiger partial charge in [0.2, 0.25) is 0 Å². The predicted molar refractivity (Wildman–Crippen MR) is 71.5 cm³/mol.